The minimum absolute atomic E-state index is 0.0862. The summed E-state index contributed by atoms with van der Waals surface area (Å²) in [5, 5.41) is 10.7. The van der Waals surface area contributed by atoms with Crippen LogP contribution in [0, 0.1) is 10.1 Å². The molecule has 0 unspecified atom stereocenters. The van der Waals surface area contributed by atoms with Gasteiger partial charge in [-0.1, -0.05) is 19.8 Å². The van der Waals surface area contributed by atoms with E-state index in [4.69, 9.17) is 30.4 Å². The van der Waals surface area contributed by atoms with Crippen molar-refractivity contribution >= 4 is 34.7 Å². The van der Waals surface area contributed by atoms with E-state index >= 15 is 0 Å². The van der Waals surface area contributed by atoms with Crippen LogP contribution in [-0.4, -0.2) is 44.2 Å². The van der Waals surface area contributed by atoms with Gasteiger partial charge in [0.1, 0.15) is 28.6 Å². The van der Waals surface area contributed by atoms with Crippen molar-refractivity contribution in [2.75, 3.05) is 43.7 Å². The Balaban J connectivity index is 0.000000300. The van der Waals surface area contributed by atoms with Gasteiger partial charge in [0.15, 0.2) is 0 Å². The molecule has 4 N–H and O–H groups in total. The standard InChI is InChI=1S/C21H16N2O7.C14H24N2O/c1-28-19-12-17(30-20(24)13-2-4-14(22)5-3-13)10-11-18(19)21(25)29-16-8-6-15(7-9-16)23(26)27;1-4-6-7-10-17-14-11-12(16(3)5-2)8-9-13(14)15/h2-12H,22H2,1H3;8-9,11H,4-7,10,15H2,1-3H3. The largest absolute Gasteiger partial charge is 0.496 e. The maximum Gasteiger partial charge on any atom is 0.347 e. The van der Waals surface area contributed by atoms with Gasteiger partial charge in [-0.25, -0.2) is 9.59 Å². The van der Waals surface area contributed by atoms with Gasteiger partial charge in [0, 0.05) is 49.2 Å². The number of hydrogen-bond donors (Lipinski definition) is 2. The van der Waals surface area contributed by atoms with Crippen LogP contribution in [0.3, 0.4) is 0 Å². The number of carbonyl (C=O) groups excluding carboxylic acids is 2. The maximum atomic E-state index is 12.4. The molecule has 248 valence electrons. The number of esters is 2. The zero-order valence-corrected chi connectivity index (χ0v) is 26.9. The molecule has 0 heterocycles. The van der Waals surface area contributed by atoms with Crippen molar-refractivity contribution in [1.82, 2.24) is 0 Å². The Labute approximate surface area is 273 Å². The number of nitrogens with two attached hydrogens (primary N) is 2. The average molecular weight is 645 g/mol. The quantitative estimate of drug-likeness (QED) is 0.0387. The van der Waals surface area contributed by atoms with E-state index < -0.39 is 16.9 Å². The molecular formula is C35H40N4O8. The molecule has 0 amide bonds. The van der Waals surface area contributed by atoms with Gasteiger partial charge in [-0.15, -0.1) is 0 Å². The number of nitro benzene ring substituents is 1. The molecule has 0 aliphatic carbocycles. The van der Waals surface area contributed by atoms with E-state index in [2.05, 4.69) is 25.8 Å². The lowest BCUT2D eigenvalue weighted by Gasteiger charge is -2.18. The van der Waals surface area contributed by atoms with Gasteiger partial charge in [-0.2, -0.15) is 0 Å². The van der Waals surface area contributed by atoms with Crippen LogP contribution >= 0.6 is 0 Å². The molecule has 0 spiro atoms. The number of anilines is 3. The lowest BCUT2D eigenvalue weighted by Crippen LogP contribution is -2.15. The summed E-state index contributed by atoms with van der Waals surface area (Å²) in [5.41, 5.74) is 14.1. The van der Waals surface area contributed by atoms with E-state index in [-0.39, 0.29) is 28.5 Å². The van der Waals surface area contributed by atoms with Gasteiger partial charge in [0.25, 0.3) is 5.69 Å². The van der Waals surface area contributed by atoms with Crippen molar-refractivity contribution in [3.8, 4) is 23.0 Å². The fourth-order valence-electron chi connectivity index (χ4n) is 4.09. The molecule has 0 aliphatic heterocycles. The third-order valence-electron chi connectivity index (χ3n) is 6.93. The van der Waals surface area contributed by atoms with E-state index in [9.17, 15) is 19.7 Å². The molecule has 0 saturated heterocycles. The Bertz CT molecular complexity index is 1640. The molecule has 0 atom stereocenters. The number of nitrogen functional groups attached to an aromatic ring is 2. The highest BCUT2D eigenvalue weighted by Crippen LogP contribution is 2.29. The van der Waals surface area contributed by atoms with Gasteiger partial charge in [-0.05, 0) is 74.0 Å². The Morgan fingerprint density at radius 1 is 0.809 bits per heavy atom. The first-order chi connectivity index (χ1) is 22.6. The van der Waals surface area contributed by atoms with Crippen molar-refractivity contribution in [2.24, 2.45) is 0 Å². The molecule has 0 radical (unpaired) electrons. The molecule has 0 bridgehead atoms. The molecule has 0 fully saturated rings. The number of non-ortho nitro benzene ring substituents is 1. The predicted molar refractivity (Wildman–Crippen MR) is 182 cm³/mol. The number of carbonyl (C=O) groups is 2. The molecule has 4 aromatic carbocycles. The number of ether oxygens (including phenoxy) is 4. The number of unbranched alkanes of at least 4 members (excludes halogenated alkanes) is 2. The summed E-state index contributed by atoms with van der Waals surface area (Å²) in [7, 11) is 3.41. The van der Waals surface area contributed by atoms with Crippen molar-refractivity contribution in [3.63, 3.8) is 0 Å². The van der Waals surface area contributed by atoms with Crippen molar-refractivity contribution < 1.29 is 33.5 Å². The number of benzene rings is 4. The van der Waals surface area contributed by atoms with E-state index in [0.29, 0.717) is 11.3 Å². The Morgan fingerprint density at radius 3 is 2.09 bits per heavy atom. The molecule has 0 aliphatic rings. The highest BCUT2D eigenvalue weighted by molar-refractivity contribution is 5.95. The lowest BCUT2D eigenvalue weighted by atomic mass is 10.2. The Morgan fingerprint density at radius 2 is 1.47 bits per heavy atom. The predicted octanol–water partition coefficient (Wildman–Crippen LogP) is 6.92. The van der Waals surface area contributed by atoms with Gasteiger partial charge in [-0.3, -0.25) is 10.1 Å². The van der Waals surface area contributed by atoms with Crippen LogP contribution in [0.2, 0.25) is 0 Å². The summed E-state index contributed by atoms with van der Waals surface area (Å²) >= 11 is 0. The maximum absolute atomic E-state index is 12.4. The third kappa shape index (κ3) is 10.7. The summed E-state index contributed by atoms with van der Waals surface area (Å²) in [5.74, 6) is -0.106. The molecule has 4 aromatic rings. The van der Waals surface area contributed by atoms with E-state index in [1.54, 1.807) is 12.1 Å². The molecule has 12 nitrogen and oxygen atoms in total. The van der Waals surface area contributed by atoms with Crippen molar-refractivity contribution in [3.05, 3.63) is 106 Å². The fraction of sp³-hybridized carbons (Fsp3) is 0.257. The number of nitro groups is 1. The summed E-state index contributed by atoms with van der Waals surface area (Å²) in [6, 6.07) is 21.4. The second kappa shape index (κ2) is 17.6. The molecule has 47 heavy (non-hydrogen) atoms. The van der Waals surface area contributed by atoms with E-state index in [1.807, 2.05) is 18.2 Å². The monoisotopic (exact) mass is 644 g/mol. The Hall–Kier alpha value is -5.78. The van der Waals surface area contributed by atoms with Crippen molar-refractivity contribution in [1.29, 1.82) is 0 Å². The molecule has 0 aromatic heterocycles. The highest BCUT2D eigenvalue weighted by Gasteiger charge is 2.18. The normalized spacial score (nSPS) is 10.2. The van der Waals surface area contributed by atoms with Crippen molar-refractivity contribution in [2.45, 2.75) is 33.1 Å². The van der Waals surface area contributed by atoms with Crippen LogP contribution in [0.25, 0.3) is 0 Å². The van der Waals surface area contributed by atoms with Gasteiger partial charge >= 0.3 is 11.9 Å². The lowest BCUT2D eigenvalue weighted by molar-refractivity contribution is -0.384. The first kappa shape index (κ1) is 35.7. The Kier molecular flexibility index (Phi) is 13.4. The van der Waals surface area contributed by atoms with Crippen LogP contribution in [-0.2, 0) is 0 Å². The second-order valence-corrected chi connectivity index (χ2v) is 10.3. The first-order valence-electron chi connectivity index (χ1n) is 15.0. The highest BCUT2D eigenvalue weighted by atomic mass is 16.6. The summed E-state index contributed by atoms with van der Waals surface area (Å²) in [6.07, 6.45) is 3.50. The smallest absolute Gasteiger partial charge is 0.347 e. The zero-order valence-electron chi connectivity index (χ0n) is 26.9. The van der Waals surface area contributed by atoms with Crippen LogP contribution in [0.4, 0.5) is 22.7 Å². The fourth-order valence-corrected chi connectivity index (χ4v) is 4.09. The first-order valence-corrected chi connectivity index (χ1v) is 15.0. The zero-order chi connectivity index (χ0) is 34.3. The number of rotatable bonds is 13. The number of methoxy groups -OCH3 is 1. The minimum Gasteiger partial charge on any atom is -0.496 e. The van der Waals surface area contributed by atoms with E-state index in [0.717, 1.165) is 36.7 Å². The second-order valence-electron chi connectivity index (χ2n) is 10.3. The number of hydrogen-bond acceptors (Lipinski definition) is 11. The van der Waals surface area contributed by atoms with Crippen LogP contribution < -0.4 is 35.3 Å². The van der Waals surface area contributed by atoms with Gasteiger partial charge in [0.2, 0.25) is 0 Å². The van der Waals surface area contributed by atoms with Gasteiger partial charge < -0.3 is 35.3 Å². The molecule has 12 heteroatoms. The molecular weight excluding hydrogens is 604 g/mol. The molecule has 0 saturated carbocycles. The van der Waals surface area contributed by atoms with Gasteiger partial charge in [0.05, 0.1) is 29.9 Å². The summed E-state index contributed by atoms with van der Waals surface area (Å²) in [4.78, 5) is 37.0. The third-order valence-corrected chi connectivity index (χ3v) is 6.93. The average Bonchev–Trinajstić information content (AvgIpc) is 3.07. The van der Waals surface area contributed by atoms with Crippen LogP contribution in [0.1, 0.15) is 53.8 Å². The minimum atomic E-state index is -0.739. The van der Waals surface area contributed by atoms with Crippen LogP contribution in [0.15, 0.2) is 84.9 Å². The number of nitrogens with zero attached hydrogens (tertiary/aromatic N) is 2. The summed E-state index contributed by atoms with van der Waals surface area (Å²) < 4.78 is 21.4. The SMILES string of the molecule is CCCCCOc1cc(N(C)CC)ccc1N.COc1cc(OC(=O)c2ccc(N)cc2)ccc1C(=O)Oc1ccc([N+](=O)[O-])cc1. The molecule has 4 rings (SSSR count). The van der Waals surface area contributed by atoms with E-state index in [1.165, 1.54) is 74.5 Å². The topological polar surface area (TPSA) is 169 Å². The van der Waals surface area contributed by atoms with Crippen LogP contribution in [0.5, 0.6) is 23.0 Å². The summed E-state index contributed by atoms with van der Waals surface area (Å²) in [6.45, 7) is 6.03.